The Labute approximate surface area is 150 Å². The number of unbranched alkanes of at least 4 members (excludes halogenated alkanes) is 1. The third-order valence-corrected chi connectivity index (χ3v) is 5.58. The zero-order valence-corrected chi connectivity index (χ0v) is 15.1. The number of nitrogens with zero attached hydrogens (tertiary/aromatic N) is 2. The number of carbonyl (C=O) groups excluding carboxylic acids is 1. The van der Waals surface area contributed by atoms with Crippen LogP contribution in [-0.2, 0) is 30.5 Å². The minimum absolute atomic E-state index is 0.0820. The van der Waals surface area contributed by atoms with Crippen LogP contribution < -0.4 is 5.32 Å². The molecule has 0 unspecified atom stereocenters. The first-order valence-electron chi connectivity index (χ1n) is 8.87. The van der Waals surface area contributed by atoms with E-state index >= 15 is 0 Å². The minimum Gasteiger partial charge on any atom is -0.464 e. The van der Waals surface area contributed by atoms with E-state index in [0.29, 0.717) is 5.13 Å². The monoisotopic (exact) mass is 355 g/mol. The van der Waals surface area contributed by atoms with Gasteiger partial charge in [-0.25, -0.2) is 0 Å². The number of rotatable bonds is 6. The SMILES string of the molecule is CCCCc1nnc(NC(=O)Cc2coc3cc4c(cc23)CCC4)s1. The molecule has 0 saturated carbocycles. The van der Waals surface area contributed by atoms with E-state index in [0.717, 1.165) is 53.6 Å². The van der Waals surface area contributed by atoms with Crippen molar-refractivity contribution in [1.29, 1.82) is 0 Å². The van der Waals surface area contributed by atoms with Crippen molar-refractivity contribution in [1.82, 2.24) is 10.2 Å². The minimum atomic E-state index is -0.0820. The fraction of sp³-hybridized carbons (Fsp3) is 0.421. The normalized spacial score (nSPS) is 13.3. The van der Waals surface area contributed by atoms with Gasteiger partial charge < -0.3 is 9.73 Å². The second-order valence-electron chi connectivity index (χ2n) is 6.56. The summed E-state index contributed by atoms with van der Waals surface area (Å²) in [4.78, 5) is 12.4. The lowest BCUT2D eigenvalue weighted by atomic mass is 10.0. The number of aromatic nitrogens is 2. The van der Waals surface area contributed by atoms with Gasteiger partial charge in [-0.2, -0.15) is 0 Å². The van der Waals surface area contributed by atoms with Gasteiger partial charge in [-0.1, -0.05) is 24.7 Å². The molecule has 2 aromatic heterocycles. The highest BCUT2D eigenvalue weighted by Gasteiger charge is 2.17. The van der Waals surface area contributed by atoms with Crippen LogP contribution in [0, 0.1) is 0 Å². The number of amides is 1. The lowest BCUT2D eigenvalue weighted by molar-refractivity contribution is -0.115. The van der Waals surface area contributed by atoms with E-state index in [2.05, 4.69) is 34.6 Å². The molecular formula is C19H21N3O2S. The van der Waals surface area contributed by atoms with Crippen molar-refractivity contribution in [3.8, 4) is 0 Å². The molecule has 0 fully saturated rings. The van der Waals surface area contributed by atoms with Gasteiger partial charge in [0.25, 0.3) is 0 Å². The average Bonchev–Trinajstić information content (AvgIpc) is 3.31. The lowest BCUT2D eigenvalue weighted by Gasteiger charge is -2.02. The van der Waals surface area contributed by atoms with Crippen molar-refractivity contribution < 1.29 is 9.21 Å². The smallest absolute Gasteiger partial charge is 0.230 e. The maximum absolute atomic E-state index is 12.4. The molecule has 1 aliphatic rings. The second-order valence-corrected chi connectivity index (χ2v) is 7.62. The second kappa shape index (κ2) is 6.96. The third-order valence-electron chi connectivity index (χ3n) is 4.68. The van der Waals surface area contributed by atoms with Crippen molar-refractivity contribution in [3.05, 3.63) is 40.1 Å². The predicted molar refractivity (Wildman–Crippen MR) is 99.1 cm³/mol. The third kappa shape index (κ3) is 3.44. The van der Waals surface area contributed by atoms with Gasteiger partial charge in [0.2, 0.25) is 11.0 Å². The van der Waals surface area contributed by atoms with Gasteiger partial charge in [-0.05, 0) is 48.9 Å². The van der Waals surface area contributed by atoms with Gasteiger partial charge in [0, 0.05) is 17.4 Å². The molecule has 0 aliphatic heterocycles. The van der Waals surface area contributed by atoms with E-state index in [1.54, 1.807) is 6.26 Å². The fourth-order valence-electron chi connectivity index (χ4n) is 3.35. The number of carbonyl (C=O) groups is 1. The molecule has 1 aliphatic carbocycles. The van der Waals surface area contributed by atoms with E-state index < -0.39 is 0 Å². The number of benzene rings is 1. The van der Waals surface area contributed by atoms with Gasteiger partial charge in [0.15, 0.2) is 0 Å². The van der Waals surface area contributed by atoms with Crippen LogP contribution in [0.4, 0.5) is 5.13 Å². The van der Waals surface area contributed by atoms with E-state index in [9.17, 15) is 4.79 Å². The van der Waals surface area contributed by atoms with Gasteiger partial charge in [0.1, 0.15) is 10.6 Å². The molecule has 130 valence electrons. The number of nitrogens with one attached hydrogen (secondary N) is 1. The summed E-state index contributed by atoms with van der Waals surface area (Å²) in [5.74, 6) is -0.0820. The summed E-state index contributed by atoms with van der Waals surface area (Å²) in [7, 11) is 0. The summed E-state index contributed by atoms with van der Waals surface area (Å²) in [6.45, 7) is 2.15. The Morgan fingerprint density at radius 1 is 1.28 bits per heavy atom. The summed E-state index contributed by atoms with van der Waals surface area (Å²) < 4.78 is 5.67. The van der Waals surface area contributed by atoms with Crippen molar-refractivity contribution in [2.24, 2.45) is 0 Å². The number of fused-ring (bicyclic) bond motifs is 2. The van der Waals surface area contributed by atoms with Gasteiger partial charge in [-0.3, -0.25) is 4.79 Å². The molecule has 0 bridgehead atoms. The van der Waals surface area contributed by atoms with Crippen LogP contribution in [0.15, 0.2) is 22.8 Å². The van der Waals surface area contributed by atoms with Gasteiger partial charge in [-0.15, -0.1) is 10.2 Å². The maximum Gasteiger partial charge on any atom is 0.230 e. The Morgan fingerprint density at radius 2 is 2.12 bits per heavy atom. The first-order valence-corrected chi connectivity index (χ1v) is 9.68. The van der Waals surface area contributed by atoms with E-state index in [-0.39, 0.29) is 12.3 Å². The number of hydrogen-bond acceptors (Lipinski definition) is 5. The Hall–Kier alpha value is -2.21. The van der Waals surface area contributed by atoms with Crippen LogP contribution in [0.5, 0.6) is 0 Å². The predicted octanol–water partition coefficient (Wildman–Crippen LogP) is 4.30. The molecule has 0 spiro atoms. The van der Waals surface area contributed by atoms with E-state index in [4.69, 9.17) is 4.42 Å². The van der Waals surface area contributed by atoms with Crippen LogP contribution in [0.3, 0.4) is 0 Å². The zero-order chi connectivity index (χ0) is 17.2. The van der Waals surface area contributed by atoms with Crippen LogP contribution >= 0.6 is 11.3 Å². The number of anilines is 1. The number of hydrogen-bond donors (Lipinski definition) is 1. The molecule has 1 amide bonds. The van der Waals surface area contributed by atoms with E-state index in [1.165, 1.54) is 28.9 Å². The lowest BCUT2D eigenvalue weighted by Crippen LogP contribution is -2.14. The Balaban J connectivity index is 1.45. The zero-order valence-electron chi connectivity index (χ0n) is 14.3. The molecule has 1 aromatic carbocycles. The summed E-state index contributed by atoms with van der Waals surface area (Å²) >= 11 is 1.46. The van der Waals surface area contributed by atoms with E-state index in [1.807, 2.05) is 0 Å². The highest BCUT2D eigenvalue weighted by Crippen LogP contribution is 2.30. The van der Waals surface area contributed by atoms with Crippen molar-refractivity contribution in [2.75, 3.05) is 5.32 Å². The molecule has 4 rings (SSSR count). The van der Waals surface area contributed by atoms with Crippen LogP contribution in [0.1, 0.15) is 47.9 Å². The molecule has 1 N–H and O–H groups in total. The molecule has 3 aromatic rings. The van der Waals surface area contributed by atoms with Gasteiger partial charge in [0.05, 0.1) is 12.7 Å². The molecular weight excluding hydrogens is 334 g/mol. The Bertz CT molecular complexity index is 913. The molecule has 6 heteroatoms. The standard InChI is InChI=1S/C19H21N3O2S/c1-2-3-7-18-21-22-19(25-18)20-17(23)10-14-11-24-16-9-13-6-4-5-12(13)8-15(14)16/h8-9,11H,2-7,10H2,1H3,(H,20,22,23). The van der Waals surface area contributed by atoms with Crippen molar-refractivity contribution >= 4 is 33.3 Å². The molecule has 0 saturated heterocycles. The Kier molecular flexibility index (Phi) is 4.53. The van der Waals surface area contributed by atoms with Crippen LogP contribution in [0.25, 0.3) is 11.0 Å². The fourth-order valence-corrected chi connectivity index (χ4v) is 4.15. The summed E-state index contributed by atoms with van der Waals surface area (Å²) in [6.07, 6.45) is 8.57. The number of aryl methyl sites for hydroxylation is 3. The first-order chi connectivity index (χ1) is 12.2. The summed E-state index contributed by atoms with van der Waals surface area (Å²) in [5.41, 5.74) is 4.57. The molecule has 5 nitrogen and oxygen atoms in total. The Morgan fingerprint density at radius 3 is 2.96 bits per heavy atom. The van der Waals surface area contributed by atoms with Crippen LogP contribution in [-0.4, -0.2) is 16.1 Å². The van der Waals surface area contributed by atoms with Crippen molar-refractivity contribution in [2.45, 2.75) is 51.9 Å². The largest absolute Gasteiger partial charge is 0.464 e. The quantitative estimate of drug-likeness (QED) is 0.716. The highest BCUT2D eigenvalue weighted by molar-refractivity contribution is 7.15. The first kappa shape index (κ1) is 16.3. The topological polar surface area (TPSA) is 68.0 Å². The molecule has 0 atom stereocenters. The van der Waals surface area contributed by atoms with Crippen LogP contribution in [0.2, 0.25) is 0 Å². The maximum atomic E-state index is 12.4. The highest BCUT2D eigenvalue weighted by atomic mass is 32.1. The number of furan rings is 1. The molecule has 25 heavy (non-hydrogen) atoms. The average molecular weight is 355 g/mol. The van der Waals surface area contributed by atoms with Crippen molar-refractivity contribution in [3.63, 3.8) is 0 Å². The van der Waals surface area contributed by atoms with Gasteiger partial charge >= 0.3 is 0 Å². The molecule has 0 radical (unpaired) electrons. The summed E-state index contributed by atoms with van der Waals surface area (Å²) in [5, 5.41) is 13.6. The summed E-state index contributed by atoms with van der Waals surface area (Å²) in [6, 6.07) is 4.32. The molecule has 2 heterocycles.